The molecule has 0 radical (unpaired) electrons. The highest BCUT2D eigenvalue weighted by molar-refractivity contribution is 6.02. The summed E-state index contributed by atoms with van der Waals surface area (Å²) in [7, 11) is 0. The average Bonchev–Trinajstić information content (AvgIpc) is 3.13. The third-order valence-corrected chi connectivity index (χ3v) is 5.36. The van der Waals surface area contributed by atoms with Crippen molar-refractivity contribution >= 4 is 11.6 Å². The van der Waals surface area contributed by atoms with E-state index in [1.54, 1.807) is 12.1 Å². The van der Waals surface area contributed by atoms with E-state index in [4.69, 9.17) is 9.47 Å². The number of aromatic hydroxyl groups is 1. The highest BCUT2D eigenvalue weighted by Crippen LogP contribution is 2.46. The molecule has 5 nitrogen and oxygen atoms in total. The highest BCUT2D eigenvalue weighted by Gasteiger charge is 2.26. The normalized spacial score (nSPS) is 12.5. The standard InChI is InChI=1S/C26H30O5/c1-4-5-6-8-18(27)16-31-25-22(12-14-24(29)26(25)30-15-17(2)3)19-9-7-10-21-20(19)11-13-23(21)28/h7,9-10,12,14,29H,2,4-6,8,11,13,15-16H2,1,3H3. The van der Waals surface area contributed by atoms with E-state index in [1.165, 1.54) is 0 Å². The van der Waals surface area contributed by atoms with E-state index >= 15 is 0 Å². The zero-order valence-corrected chi connectivity index (χ0v) is 18.3. The molecule has 164 valence electrons. The Morgan fingerprint density at radius 1 is 1.00 bits per heavy atom. The summed E-state index contributed by atoms with van der Waals surface area (Å²) in [6.07, 6.45) is 4.47. The molecule has 0 saturated carbocycles. The molecule has 0 fully saturated rings. The summed E-state index contributed by atoms with van der Waals surface area (Å²) in [6.45, 7) is 7.87. The second-order valence-corrected chi connectivity index (χ2v) is 8.08. The Kier molecular flexibility index (Phi) is 7.50. The minimum Gasteiger partial charge on any atom is -0.504 e. The zero-order valence-electron chi connectivity index (χ0n) is 18.3. The molecule has 1 N–H and O–H groups in total. The molecule has 0 bridgehead atoms. The number of ketones is 2. The number of hydrogen-bond donors (Lipinski definition) is 1. The van der Waals surface area contributed by atoms with Crippen molar-refractivity contribution in [2.24, 2.45) is 0 Å². The smallest absolute Gasteiger partial charge is 0.204 e. The van der Waals surface area contributed by atoms with E-state index in [0.29, 0.717) is 30.6 Å². The van der Waals surface area contributed by atoms with E-state index in [-0.39, 0.29) is 36.3 Å². The molecule has 1 aliphatic rings. The Hall–Kier alpha value is -3.08. The number of rotatable bonds is 11. The third kappa shape index (κ3) is 5.35. The van der Waals surface area contributed by atoms with Crippen molar-refractivity contribution in [3.63, 3.8) is 0 Å². The predicted molar refractivity (Wildman–Crippen MR) is 121 cm³/mol. The molecule has 2 aromatic rings. The number of phenolic OH excluding ortho intramolecular Hbond substituents is 1. The van der Waals surface area contributed by atoms with Crippen LogP contribution in [0.1, 0.15) is 61.9 Å². The van der Waals surface area contributed by atoms with Crippen molar-refractivity contribution in [1.82, 2.24) is 0 Å². The molecule has 0 heterocycles. The van der Waals surface area contributed by atoms with Gasteiger partial charge in [0, 0.05) is 24.0 Å². The van der Waals surface area contributed by atoms with Gasteiger partial charge in [-0.25, -0.2) is 0 Å². The molecule has 3 rings (SSSR count). The predicted octanol–water partition coefficient (Wildman–Crippen LogP) is 5.67. The van der Waals surface area contributed by atoms with Crippen LogP contribution in [0.4, 0.5) is 0 Å². The molecule has 0 unspecified atom stereocenters. The van der Waals surface area contributed by atoms with Crippen molar-refractivity contribution in [2.45, 2.75) is 52.4 Å². The van der Waals surface area contributed by atoms with E-state index in [1.807, 2.05) is 25.1 Å². The minimum absolute atomic E-state index is 0.00191. The number of carbonyl (C=O) groups excluding carboxylic acids is 2. The van der Waals surface area contributed by atoms with Crippen LogP contribution in [-0.2, 0) is 11.2 Å². The van der Waals surface area contributed by atoms with Crippen LogP contribution in [0.25, 0.3) is 11.1 Å². The van der Waals surface area contributed by atoms with Gasteiger partial charge in [0.25, 0.3) is 0 Å². The Bertz CT molecular complexity index is 990. The summed E-state index contributed by atoms with van der Waals surface area (Å²) in [4.78, 5) is 24.6. The Morgan fingerprint density at radius 2 is 1.74 bits per heavy atom. The van der Waals surface area contributed by atoms with E-state index in [2.05, 4.69) is 13.5 Å². The fourth-order valence-corrected chi connectivity index (χ4v) is 3.78. The largest absolute Gasteiger partial charge is 0.504 e. The van der Waals surface area contributed by atoms with Gasteiger partial charge in [0.15, 0.2) is 23.1 Å². The summed E-state index contributed by atoms with van der Waals surface area (Å²) < 4.78 is 11.8. The van der Waals surface area contributed by atoms with Gasteiger partial charge in [-0.2, -0.15) is 0 Å². The van der Waals surface area contributed by atoms with Gasteiger partial charge in [0.1, 0.15) is 13.2 Å². The molecule has 0 amide bonds. The first-order valence-corrected chi connectivity index (χ1v) is 10.9. The summed E-state index contributed by atoms with van der Waals surface area (Å²) in [5, 5.41) is 10.5. The van der Waals surface area contributed by atoms with Gasteiger partial charge in [-0.1, -0.05) is 44.5 Å². The lowest BCUT2D eigenvalue weighted by Crippen LogP contribution is -2.13. The topological polar surface area (TPSA) is 72.8 Å². The second kappa shape index (κ2) is 10.3. The van der Waals surface area contributed by atoms with Gasteiger partial charge >= 0.3 is 0 Å². The minimum atomic E-state index is -0.0996. The maximum absolute atomic E-state index is 12.3. The van der Waals surface area contributed by atoms with Crippen LogP contribution in [0, 0.1) is 0 Å². The van der Waals surface area contributed by atoms with Gasteiger partial charge in [-0.15, -0.1) is 0 Å². The molecule has 0 aromatic heterocycles. The molecule has 5 heteroatoms. The number of Topliss-reactive ketones (excluding diaryl/α,β-unsaturated/α-hetero) is 2. The van der Waals surface area contributed by atoms with Gasteiger partial charge in [-0.05, 0) is 48.6 Å². The molecule has 0 aliphatic heterocycles. The number of hydrogen-bond acceptors (Lipinski definition) is 5. The van der Waals surface area contributed by atoms with Gasteiger partial charge in [0.05, 0.1) is 0 Å². The van der Waals surface area contributed by atoms with Gasteiger partial charge < -0.3 is 14.6 Å². The maximum atomic E-state index is 12.3. The maximum Gasteiger partial charge on any atom is 0.204 e. The fraction of sp³-hybridized carbons (Fsp3) is 0.385. The van der Waals surface area contributed by atoms with Crippen molar-refractivity contribution in [3.8, 4) is 28.4 Å². The van der Waals surface area contributed by atoms with Crippen LogP contribution in [-0.4, -0.2) is 29.9 Å². The van der Waals surface area contributed by atoms with Crippen LogP contribution in [0.5, 0.6) is 17.2 Å². The SMILES string of the molecule is C=C(C)COc1c(O)ccc(-c2cccc3c2CCC3=O)c1OCC(=O)CCCCC. The van der Waals surface area contributed by atoms with Crippen molar-refractivity contribution in [1.29, 1.82) is 0 Å². The van der Waals surface area contributed by atoms with Crippen LogP contribution in [0.3, 0.4) is 0 Å². The van der Waals surface area contributed by atoms with E-state index in [0.717, 1.165) is 41.5 Å². The summed E-state index contributed by atoms with van der Waals surface area (Å²) in [5.74, 6) is 0.564. The van der Waals surface area contributed by atoms with Crippen molar-refractivity contribution in [3.05, 3.63) is 53.6 Å². The van der Waals surface area contributed by atoms with Gasteiger partial charge in [-0.3, -0.25) is 9.59 Å². The number of benzene rings is 2. The van der Waals surface area contributed by atoms with E-state index in [9.17, 15) is 14.7 Å². The number of phenols is 1. The average molecular weight is 423 g/mol. The van der Waals surface area contributed by atoms with Crippen LogP contribution >= 0.6 is 0 Å². The lowest BCUT2D eigenvalue weighted by Gasteiger charge is -2.19. The second-order valence-electron chi connectivity index (χ2n) is 8.08. The fourth-order valence-electron chi connectivity index (χ4n) is 3.78. The van der Waals surface area contributed by atoms with E-state index < -0.39 is 0 Å². The lowest BCUT2D eigenvalue weighted by molar-refractivity contribution is -0.121. The van der Waals surface area contributed by atoms with Crippen LogP contribution < -0.4 is 9.47 Å². The van der Waals surface area contributed by atoms with Crippen LogP contribution in [0.2, 0.25) is 0 Å². The monoisotopic (exact) mass is 422 g/mol. The Balaban J connectivity index is 1.99. The molecule has 0 atom stereocenters. The molecule has 1 aliphatic carbocycles. The summed E-state index contributed by atoms with van der Waals surface area (Å²) in [6, 6.07) is 8.92. The Labute approximate surface area is 183 Å². The first-order valence-electron chi connectivity index (χ1n) is 10.9. The quantitative estimate of drug-likeness (QED) is 0.373. The van der Waals surface area contributed by atoms with Crippen molar-refractivity contribution in [2.75, 3.05) is 13.2 Å². The first-order chi connectivity index (χ1) is 14.9. The molecule has 31 heavy (non-hydrogen) atoms. The zero-order chi connectivity index (χ0) is 22.4. The molecule has 0 saturated heterocycles. The highest BCUT2D eigenvalue weighted by atomic mass is 16.5. The lowest BCUT2D eigenvalue weighted by atomic mass is 9.95. The summed E-state index contributed by atoms with van der Waals surface area (Å²) >= 11 is 0. The number of fused-ring (bicyclic) bond motifs is 1. The molecular formula is C26H30O5. The first kappa shape index (κ1) is 22.6. The number of ether oxygens (including phenoxy) is 2. The van der Waals surface area contributed by atoms with Gasteiger partial charge in [0.2, 0.25) is 5.75 Å². The van der Waals surface area contributed by atoms with Crippen molar-refractivity contribution < 1.29 is 24.2 Å². The number of unbranched alkanes of at least 4 members (excludes halogenated alkanes) is 2. The molecule has 0 spiro atoms. The molecule has 2 aromatic carbocycles. The molecular weight excluding hydrogens is 392 g/mol. The summed E-state index contributed by atoms with van der Waals surface area (Å²) in [5.41, 5.74) is 4.02. The van der Waals surface area contributed by atoms with Crippen LogP contribution in [0.15, 0.2) is 42.5 Å². The Morgan fingerprint density at radius 3 is 2.48 bits per heavy atom. The third-order valence-electron chi connectivity index (χ3n) is 5.36. The number of carbonyl (C=O) groups is 2.